The van der Waals surface area contributed by atoms with E-state index in [1.807, 2.05) is 48.5 Å². The van der Waals surface area contributed by atoms with Crippen LogP contribution in [0.3, 0.4) is 0 Å². The second kappa shape index (κ2) is 7.28. The minimum atomic E-state index is 0.256. The first kappa shape index (κ1) is 16.8. The molecule has 2 aromatic heterocycles. The van der Waals surface area contributed by atoms with Crippen LogP contribution in [0.2, 0.25) is 0 Å². The van der Waals surface area contributed by atoms with Crippen LogP contribution in [0, 0.1) is 0 Å². The Morgan fingerprint density at radius 1 is 0.778 bits per heavy atom. The summed E-state index contributed by atoms with van der Waals surface area (Å²) in [5, 5.41) is 12.1. The Labute approximate surface area is 154 Å². The van der Waals surface area contributed by atoms with Gasteiger partial charge in [-0.3, -0.25) is 0 Å². The summed E-state index contributed by atoms with van der Waals surface area (Å²) in [7, 11) is 3.23. The van der Waals surface area contributed by atoms with E-state index in [1.54, 1.807) is 14.2 Å². The first-order chi connectivity index (χ1) is 13.2. The Morgan fingerprint density at radius 2 is 1.41 bits per heavy atom. The number of hydrogen-bond donors (Lipinski definition) is 0. The van der Waals surface area contributed by atoms with Crippen LogP contribution in [0.15, 0.2) is 57.5 Å². The fourth-order valence-corrected chi connectivity index (χ4v) is 2.49. The van der Waals surface area contributed by atoms with Gasteiger partial charge >= 0.3 is 0 Å². The molecule has 8 heteroatoms. The van der Waals surface area contributed by atoms with Crippen LogP contribution in [0.1, 0.15) is 11.8 Å². The average Bonchev–Trinajstić information content (AvgIpc) is 3.38. The van der Waals surface area contributed by atoms with E-state index in [0.717, 1.165) is 22.6 Å². The Bertz CT molecular complexity index is 939. The van der Waals surface area contributed by atoms with Crippen molar-refractivity contribution < 1.29 is 18.4 Å². The molecule has 0 bridgehead atoms. The molecule has 0 aliphatic rings. The Hall–Kier alpha value is -3.68. The topological polar surface area (TPSA) is 96.3 Å². The minimum Gasteiger partial charge on any atom is -0.497 e. The quantitative estimate of drug-likeness (QED) is 0.514. The van der Waals surface area contributed by atoms with E-state index in [0.29, 0.717) is 23.5 Å². The fourth-order valence-electron chi connectivity index (χ4n) is 2.49. The van der Waals surface area contributed by atoms with E-state index < -0.39 is 0 Å². The van der Waals surface area contributed by atoms with Gasteiger partial charge in [-0.25, -0.2) is 0 Å². The summed E-state index contributed by atoms with van der Waals surface area (Å²) in [6.45, 7) is 0. The van der Waals surface area contributed by atoms with Gasteiger partial charge in [0.25, 0.3) is 0 Å². The molecule has 4 rings (SSSR count). The number of nitrogens with zero attached hydrogens (tertiary/aromatic N) is 4. The molecule has 0 amide bonds. The van der Waals surface area contributed by atoms with Gasteiger partial charge in [0.05, 0.1) is 14.2 Å². The van der Waals surface area contributed by atoms with E-state index in [1.165, 1.54) is 0 Å². The van der Waals surface area contributed by atoms with Gasteiger partial charge in [-0.15, -0.1) is 10.2 Å². The summed E-state index contributed by atoms with van der Waals surface area (Å²) in [6.07, 6.45) is 0.256. The SMILES string of the molecule is COc1ccc(-c2noc(Cc3nnc(-c4ccc(OC)cc4)o3)n2)cc1. The van der Waals surface area contributed by atoms with E-state index in [4.69, 9.17) is 18.4 Å². The Morgan fingerprint density at radius 3 is 2.04 bits per heavy atom. The molecule has 136 valence electrons. The maximum Gasteiger partial charge on any atom is 0.247 e. The third-order valence-corrected chi connectivity index (χ3v) is 3.92. The van der Waals surface area contributed by atoms with E-state index in [2.05, 4.69) is 20.3 Å². The fraction of sp³-hybridized carbons (Fsp3) is 0.158. The highest BCUT2D eigenvalue weighted by molar-refractivity contribution is 5.56. The van der Waals surface area contributed by atoms with Crippen molar-refractivity contribution in [3.63, 3.8) is 0 Å². The molecular weight excluding hydrogens is 348 g/mol. The summed E-state index contributed by atoms with van der Waals surface area (Å²) < 4.78 is 21.3. The molecule has 0 fully saturated rings. The lowest BCUT2D eigenvalue weighted by molar-refractivity contribution is 0.374. The van der Waals surface area contributed by atoms with Gasteiger partial charge in [0.15, 0.2) is 0 Å². The van der Waals surface area contributed by atoms with Crippen LogP contribution in [-0.2, 0) is 6.42 Å². The number of methoxy groups -OCH3 is 2. The molecule has 0 radical (unpaired) electrons. The summed E-state index contributed by atoms with van der Waals surface area (Å²) in [5.41, 5.74) is 1.63. The monoisotopic (exact) mass is 364 g/mol. The van der Waals surface area contributed by atoms with E-state index >= 15 is 0 Å². The maximum atomic E-state index is 5.69. The van der Waals surface area contributed by atoms with E-state index in [-0.39, 0.29) is 6.42 Å². The number of aromatic nitrogens is 4. The molecule has 0 saturated carbocycles. The van der Waals surface area contributed by atoms with E-state index in [9.17, 15) is 0 Å². The summed E-state index contributed by atoms with van der Waals surface area (Å²) in [6, 6.07) is 14.8. The number of ether oxygens (including phenoxy) is 2. The molecular formula is C19H16N4O4. The smallest absolute Gasteiger partial charge is 0.247 e. The molecule has 0 spiro atoms. The van der Waals surface area contributed by atoms with Gasteiger partial charge in [-0.2, -0.15) is 4.98 Å². The number of hydrogen-bond acceptors (Lipinski definition) is 8. The van der Waals surface area contributed by atoms with Gasteiger partial charge in [-0.05, 0) is 48.5 Å². The summed E-state index contributed by atoms with van der Waals surface area (Å²) in [5.74, 6) is 3.22. The molecule has 0 N–H and O–H groups in total. The van der Waals surface area contributed by atoms with Gasteiger partial charge in [0.2, 0.25) is 23.5 Å². The molecule has 2 aromatic carbocycles. The summed E-state index contributed by atoms with van der Waals surface area (Å²) >= 11 is 0. The standard InChI is InChI=1S/C19H16N4O4/c1-24-14-7-3-12(4-8-14)18-20-16(27-23-18)11-17-21-22-19(26-17)13-5-9-15(25-2)10-6-13/h3-10H,11H2,1-2H3. The number of benzene rings is 2. The van der Waals surface area contributed by atoms with Crippen molar-refractivity contribution in [2.75, 3.05) is 14.2 Å². The largest absolute Gasteiger partial charge is 0.497 e. The lowest BCUT2D eigenvalue weighted by Gasteiger charge is -1.99. The Kier molecular flexibility index (Phi) is 4.52. The van der Waals surface area contributed by atoms with Gasteiger partial charge in [0, 0.05) is 11.1 Å². The van der Waals surface area contributed by atoms with Crippen molar-refractivity contribution in [3.05, 3.63) is 60.3 Å². The maximum absolute atomic E-state index is 5.69. The predicted octanol–water partition coefficient (Wildman–Crippen LogP) is 3.39. The molecule has 0 aliphatic heterocycles. The third-order valence-electron chi connectivity index (χ3n) is 3.92. The Balaban J connectivity index is 1.48. The zero-order valence-corrected chi connectivity index (χ0v) is 14.7. The van der Waals surface area contributed by atoms with Gasteiger partial charge in [0.1, 0.15) is 17.9 Å². The van der Waals surface area contributed by atoms with Crippen LogP contribution in [0.4, 0.5) is 0 Å². The third kappa shape index (κ3) is 3.64. The highest BCUT2D eigenvalue weighted by atomic mass is 16.5. The molecule has 0 atom stereocenters. The zero-order chi connectivity index (χ0) is 18.6. The van der Waals surface area contributed by atoms with Crippen LogP contribution in [-0.4, -0.2) is 34.6 Å². The molecule has 0 saturated heterocycles. The average molecular weight is 364 g/mol. The molecule has 4 aromatic rings. The zero-order valence-electron chi connectivity index (χ0n) is 14.7. The van der Waals surface area contributed by atoms with Crippen molar-refractivity contribution in [2.24, 2.45) is 0 Å². The lowest BCUT2D eigenvalue weighted by atomic mass is 10.2. The highest BCUT2D eigenvalue weighted by Crippen LogP contribution is 2.23. The van der Waals surface area contributed by atoms with Crippen LogP contribution in [0.25, 0.3) is 22.8 Å². The second-order valence-electron chi connectivity index (χ2n) is 5.65. The molecule has 0 unspecified atom stereocenters. The van der Waals surface area contributed by atoms with Crippen molar-refractivity contribution >= 4 is 0 Å². The van der Waals surface area contributed by atoms with Crippen molar-refractivity contribution in [1.82, 2.24) is 20.3 Å². The molecule has 0 aliphatic carbocycles. The minimum absolute atomic E-state index is 0.256. The van der Waals surface area contributed by atoms with Crippen molar-refractivity contribution in [2.45, 2.75) is 6.42 Å². The van der Waals surface area contributed by atoms with Crippen LogP contribution in [0.5, 0.6) is 11.5 Å². The van der Waals surface area contributed by atoms with Gasteiger partial charge < -0.3 is 18.4 Å². The van der Waals surface area contributed by atoms with Crippen LogP contribution < -0.4 is 9.47 Å². The second-order valence-corrected chi connectivity index (χ2v) is 5.65. The molecule has 2 heterocycles. The number of rotatable bonds is 6. The first-order valence-corrected chi connectivity index (χ1v) is 8.19. The van der Waals surface area contributed by atoms with Gasteiger partial charge in [-0.1, -0.05) is 5.16 Å². The lowest BCUT2D eigenvalue weighted by Crippen LogP contribution is -1.89. The first-order valence-electron chi connectivity index (χ1n) is 8.19. The molecule has 27 heavy (non-hydrogen) atoms. The van der Waals surface area contributed by atoms with Crippen molar-refractivity contribution in [1.29, 1.82) is 0 Å². The van der Waals surface area contributed by atoms with Crippen LogP contribution >= 0.6 is 0 Å². The predicted molar refractivity (Wildman–Crippen MR) is 95.4 cm³/mol. The summed E-state index contributed by atoms with van der Waals surface area (Å²) in [4.78, 5) is 4.37. The highest BCUT2D eigenvalue weighted by Gasteiger charge is 2.14. The normalized spacial score (nSPS) is 10.7. The van der Waals surface area contributed by atoms with Crippen molar-refractivity contribution in [3.8, 4) is 34.3 Å². The molecule has 8 nitrogen and oxygen atoms in total.